The van der Waals surface area contributed by atoms with Crippen LogP contribution in [0.3, 0.4) is 0 Å². The van der Waals surface area contributed by atoms with E-state index in [1.165, 1.54) is 11.0 Å². The second kappa shape index (κ2) is 12.1. The molecule has 1 atom stereocenters. The van der Waals surface area contributed by atoms with Gasteiger partial charge < -0.3 is 15.5 Å². The Balaban J connectivity index is 1.71. The average molecular weight is 507 g/mol. The molecule has 2 aromatic carbocycles. The van der Waals surface area contributed by atoms with E-state index in [0.717, 1.165) is 17.7 Å². The largest absolute Gasteiger partial charge is 0.368 e. The van der Waals surface area contributed by atoms with Crippen LogP contribution >= 0.6 is 11.6 Å². The molecule has 10 heteroatoms. The third kappa shape index (κ3) is 6.99. The van der Waals surface area contributed by atoms with Crippen molar-refractivity contribution < 1.29 is 23.2 Å². The van der Waals surface area contributed by atoms with Crippen molar-refractivity contribution in [3.8, 4) is 0 Å². The molecule has 1 unspecified atom stereocenters. The first-order valence-electron chi connectivity index (χ1n) is 11.5. The van der Waals surface area contributed by atoms with E-state index in [2.05, 4.69) is 0 Å². The van der Waals surface area contributed by atoms with Gasteiger partial charge in [0.05, 0.1) is 6.54 Å². The van der Waals surface area contributed by atoms with Crippen LogP contribution in [0.1, 0.15) is 30.5 Å². The molecule has 0 aliphatic carbocycles. The molecule has 0 radical (unpaired) electrons. The molecule has 3 rings (SSSR count). The number of rotatable bonds is 9. The highest BCUT2D eigenvalue weighted by Crippen LogP contribution is 2.28. The third-order valence-corrected chi connectivity index (χ3v) is 6.36. The lowest BCUT2D eigenvalue weighted by molar-refractivity contribution is -0.142. The van der Waals surface area contributed by atoms with Gasteiger partial charge in [-0.05, 0) is 37.1 Å². The molecule has 1 aliphatic rings. The number of benzene rings is 2. The average Bonchev–Trinajstić information content (AvgIpc) is 2.83. The number of hydrogen-bond donors (Lipinski definition) is 1. The van der Waals surface area contributed by atoms with E-state index in [9.17, 15) is 23.2 Å². The topological polar surface area (TPSA) is 86.9 Å². The quantitative estimate of drug-likeness (QED) is 0.566. The van der Waals surface area contributed by atoms with Gasteiger partial charge in [0.15, 0.2) is 0 Å². The zero-order chi connectivity index (χ0) is 25.5. The Morgan fingerprint density at radius 1 is 1.06 bits per heavy atom. The van der Waals surface area contributed by atoms with E-state index in [1.807, 2.05) is 12.1 Å². The Hall–Kier alpha value is -3.04. The highest BCUT2D eigenvalue weighted by Gasteiger charge is 2.35. The number of halogens is 3. The van der Waals surface area contributed by atoms with Gasteiger partial charge in [0, 0.05) is 55.8 Å². The summed E-state index contributed by atoms with van der Waals surface area (Å²) in [6, 6.07) is 9.33. The number of carbonyl (C=O) groups is 3. The Labute approximate surface area is 208 Å². The summed E-state index contributed by atoms with van der Waals surface area (Å²) in [5, 5.41) is 0.635. The predicted octanol–water partition coefficient (Wildman–Crippen LogP) is 2.77. The summed E-state index contributed by atoms with van der Waals surface area (Å²) < 4.78 is 28.3. The van der Waals surface area contributed by atoms with Gasteiger partial charge in [0.2, 0.25) is 17.7 Å². The fourth-order valence-corrected chi connectivity index (χ4v) is 4.33. The van der Waals surface area contributed by atoms with Gasteiger partial charge in [0.25, 0.3) is 0 Å². The lowest BCUT2D eigenvalue weighted by atomic mass is 10.0. The molecule has 188 valence electrons. The molecule has 35 heavy (non-hydrogen) atoms. The summed E-state index contributed by atoms with van der Waals surface area (Å²) in [5.41, 5.74) is 6.31. The smallest absolute Gasteiger partial charge is 0.245 e. The number of hydrogen-bond acceptors (Lipinski definition) is 4. The molecule has 0 bridgehead atoms. The minimum Gasteiger partial charge on any atom is -0.368 e. The van der Waals surface area contributed by atoms with Gasteiger partial charge in [-0.15, -0.1) is 0 Å². The van der Waals surface area contributed by atoms with Gasteiger partial charge >= 0.3 is 0 Å². The first kappa shape index (κ1) is 26.6. The SMILES string of the molecule is CCN(CC(N)=O)C(=O)C(c1ccc(F)cc1F)N1CCN(C(=O)CCc2ccc(Cl)cc2)CC1. The lowest BCUT2D eigenvalue weighted by Crippen LogP contribution is -2.53. The van der Waals surface area contributed by atoms with Crippen molar-refractivity contribution in [2.45, 2.75) is 25.8 Å². The van der Waals surface area contributed by atoms with Crippen molar-refractivity contribution in [3.63, 3.8) is 0 Å². The van der Waals surface area contributed by atoms with Crippen LogP contribution in [0.2, 0.25) is 5.02 Å². The van der Waals surface area contributed by atoms with E-state index in [1.54, 1.807) is 28.9 Å². The number of piperazine rings is 1. The molecule has 0 saturated carbocycles. The molecule has 1 heterocycles. The normalized spacial score (nSPS) is 15.0. The summed E-state index contributed by atoms with van der Waals surface area (Å²) in [5.74, 6) is -2.80. The fourth-order valence-electron chi connectivity index (χ4n) is 4.21. The molecule has 0 aromatic heterocycles. The van der Waals surface area contributed by atoms with E-state index >= 15 is 0 Å². The number of primary amides is 1. The van der Waals surface area contributed by atoms with Crippen LogP contribution in [0.15, 0.2) is 42.5 Å². The second-order valence-electron chi connectivity index (χ2n) is 8.43. The van der Waals surface area contributed by atoms with Crippen molar-refractivity contribution in [3.05, 3.63) is 70.2 Å². The van der Waals surface area contributed by atoms with Crippen molar-refractivity contribution >= 4 is 29.3 Å². The molecule has 0 spiro atoms. The van der Waals surface area contributed by atoms with E-state index in [-0.39, 0.29) is 24.6 Å². The molecule has 1 saturated heterocycles. The molecule has 2 N–H and O–H groups in total. The standard InChI is InChI=1S/C25H29ClF2N4O3/c1-2-30(16-22(29)33)25(35)24(20-9-8-19(27)15-21(20)28)32-13-11-31(12-14-32)23(34)10-5-17-3-6-18(26)7-4-17/h3-4,6-9,15,24H,2,5,10-14,16H2,1H3,(H2,29,33). The Morgan fingerprint density at radius 3 is 2.29 bits per heavy atom. The maximum absolute atomic E-state index is 14.7. The van der Waals surface area contributed by atoms with E-state index in [0.29, 0.717) is 44.0 Å². The predicted molar refractivity (Wildman–Crippen MR) is 128 cm³/mol. The Kier molecular flexibility index (Phi) is 9.17. The summed E-state index contributed by atoms with van der Waals surface area (Å²) in [6.07, 6.45) is 0.912. The Morgan fingerprint density at radius 2 is 1.71 bits per heavy atom. The summed E-state index contributed by atoms with van der Waals surface area (Å²) in [6.45, 7) is 2.92. The second-order valence-corrected chi connectivity index (χ2v) is 8.87. The Bertz CT molecular complexity index is 1060. The third-order valence-electron chi connectivity index (χ3n) is 6.10. The fraction of sp³-hybridized carbons (Fsp3) is 0.400. The van der Waals surface area contributed by atoms with Crippen molar-refractivity contribution in [1.82, 2.24) is 14.7 Å². The van der Waals surface area contributed by atoms with Crippen molar-refractivity contribution in [2.75, 3.05) is 39.3 Å². The van der Waals surface area contributed by atoms with Crippen LogP contribution in [0.25, 0.3) is 0 Å². The van der Waals surface area contributed by atoms with Gasteiger partial charge in [-0.2, -0.15) is 0 Å². The minimum atomic E-state index is -1.07. The molecule has 1 fully saturated rings. The van der Waals surface area contributed by atoms with E-state index < -0.39 is 29.5 Å². The van der Waals surface area contributed by atoms with Gasteiger partial charge in [-0.3, -0.25) is 19.3 Å². The van der Waals surface area contributed by atoms with Crippen LogP contribution in [0.4, 0.5) is 8.78 Å². The van der Waals surface area contributed by atoms with Gasteiger partial charge in [-0.1, -0.05) is 29.8 Å². The number of amides is 3. The maximum atomic E-state index is 14.7. The number of nitrogens with zero attached hydrogens (tertiary/aromatic N) is 3. The number of nitrogens with two attached hydrogens (primary N) is 1. The molecule has 1 aliphatic heterocycles. The van der Waals surface area contributed by atoms with Crippen molar-refractivity contribution in [1.29, 1.82) is 0 Å². The summed E-state index contributed by atoms with van der Waals surface area (Å²) in [4.78, 5) is 42.3. The molecule has 3 amide bonds. The highest BCUT2D eigenvalue weighted by molar-refractivity contribution is 6.30. The zero-order valence-electron chi connectivity index (χ0n) is 19.6. The van der Waals surface area contributed by atoms with Gasteiger partial charge in [0.1, 0.15) is 17.7 Å². The first-order valence-corrected chi connectivity index (χ1v) is 11.9. The monoisotopic (exact) mass is 506 g/mol. The molecule has 2 aromatic rings. The number of likely N-dealkylation sites (N-methyl/N-ethyl adjacent to an activating group) is 1. The highest BCUT2D eigenvalue weighted by atomic mass is 35.5. The van der Waals surface area contributed by atoms with Crippen LogP contribution in [0.5, 0.6) is 0 Å². The van der Waals surface area contributed by atoms with E-state index in [4.69, 9.17) is 17.3 Å². The molecular formula is C25H29ClF2N4O3. The number of aryl methyl sites for hydroxylation is 1. The number of carbonyl (C=O) groups excluding carboxylic acids is 3. The van der Waals surface area contributed by atoms with Gasteiger partial charge in [-0.25, -0.2) is 8.78 Å². The first-order chi connectivity index (χ1) is 16.7. The van der Waals surface area contributed by atoms with Crippen LogP contribution in [0, 0.1) is 11.6 Å². The van der Waals surface area contributed by atoms with Crippen LogP contribution in [-0.4, -0.2) is 71.7 Å². The maximum Gasteiger partial charge on any atom is 0.245 e. The van der Waals surface area contributed by atoms with Crippen LogP contribution < -0.4 is 5.73 Å². The minimum absolute atomic E-state index is 0.0145. The summed E-state index contributed by atoms with van der Waals surface area (Å²) in [7, 11) is 0. The van der Waals surface area contributed by atoms with Crippen LogP contribution in [-0.2, 0) is 20.8 Å². The lowest BCUT2D eigenvalue weighted by Gasteiger charge is -2.40. The summed E-state index contributed by atoms with van der Waals surface area (Å²) >= 11 is 5.90. The van der Waals surface area contributed by atoms with Crippen molar-refractivity contribution in [2.24, 2.45) is 5.73 Å². The zero-order valence-corrected chi connectivity index (χ0v) is 20.3. The molecular weight excluding hydrogens is 478 g/mol. The molecule has 7 nitrogen and oxygen atoms in total.